The molecule has 0 aliphatic carbocycles. The lowest BCUT2D eigenvalue weighted by molar-refractivity contribution is -0.162. The van der Waals surface area contributed by atoms with Crippen molar-refractivity contribution in [1.82, 2.24) is 0 Å². The van der Waals surface area contributed by atoms with Crippen LogP contribution >= 0.6 is 0 Å². The molecule has 0 bridgehead atoms. The molecule has 0 saturated carbocycles. The second kappa shape index (κ2) is 8.01. The smallest absolute Gasteiger partial charge is 0.335 e. The van der Waals surface area contributed by atoms with Gasteiger partial charge in [-0.15, -0.1) is 0 Å². The number of carbonyl (C=O) groups excluding carboxylic acids is 3. The predicted molar refractivity (Wildman–Crippen MR) is 75.2 cm³/mol. The second-order valence-corrected chi connectivity index (χ2v) is 4.36. The molecule has 0 unspecified atom stereocenters. The van der Waals surface area contributed by atoms with Crippen molar-refractivity contribution in [3.63, 3.8) is 0 Å². The molecule has 0 heterocycles. The van der Waals surface area contributed by atoms with E-state index >= 15 is 0 Å². The fourth-order valence-corrected chi connectivity index (χ4v) is 1.45. The van der Waals surface area contributed by atoms with E-state index in [1.807, 2.05) is 6.07 Å². The van der Waals surface area contributed by atoms with Crippen LogP contribution in [-0.4, -0.2) is 37.1 Å². The summed E-state index contributed by atoms with van der Waals surface area (Å²) in [7, 11) is 1.18. The van der Waals surface area contributed by atoms with Crippen LogP contribution < -0.4 is 11.1 Å². The summed E-state index contributed by atoms with van der Waals surface area (Å²) < 4.78 is 9.00. The van der Waals surface area contributed by atoms with E-state index in [1.54, 1.807) is 31.2 Å². The van der Waals surface area contributed by atoms with E-state index in [0.717, 1.165) is 0 Å². The molecule has 0 radical (unpaired) electrons. The Morgan fingerprint density at radius 3 is 2.38 bits per heavy atom. The molecule has 0 aromatic heterocycles. The van der Waals surface area contributed by atoms with Crippen LogP contribution in [0, 0.1) is 0 Å². The zero-order chi connectivity index (χ0) is 15.8. The molecule has 2 atom stereocenters. The minimum Gasteiger partial charge on any atom is -0.469 e. The molecular formula is C14H18N2O5. The summed E-state index contributed by atoms with van der Waals surface area (Å²) in [4.78, 5) is 34.3. The SMILES string of the molecule is COC(=O)C[C@H](N)C(=O)OC(=O)[C@H](C)Nc1ccccc1. The van der Waals surface area contributed by atoms with E-state index in [4.69, 9.17) is 5.73 Å². The quantitative estimate of drug-likeness (QED) is 0.579. The summed E-state index contributed by atoms with van der Waals surface area (Å²) >= 11 is 0. The third kappa shape index (κ3) is 5.62. The van der Waals surface area contributed by atoms with Crippen LogP contribution in [0.25, 0.3) is 0 Å². The Balaban J connectivity index is 2.48. The molecule has 0 spiro atoms. The molecule has 0 aliphatic heterocycles. The van der Waals surface area contributed by atoms with E-state index in [-0.39, 0.29) is 6.42 Å². The number of nitrogens with one attached hydrogen (secondary N) is 1. The van der Waals surface area contributed by atoms with Crippen molar-refractivity contribution in [2.45, 2.75) is 25.4 Å². The van der Waals surface area contributed by atoms with Gasteiger partial charge in [-0.25, -0.2) is 9.59 Å². The summed E-state index contributed by atoms with van der Waals surface area (Å²) in [5.74, 6) is -2.39. The molecule has 0 aliphatic rings. The maximum Gasteiger partial charge on any atom is 0.335 e. The van der Waals surface area contributed by atoms with Crippen LogP contribution in [0.15, 0.2) is 30.3 Å². The molecule has 0 saturated heterocycles. The minimum absolute atomic E-state index is 0.344. The molecule has 7 heteroatoms. The van der Waals surface area contributed by atoms with Gasteiger partial charge in [-0.2, -0.15) is 0 Å². The van der Waals surface area contributed by atoms with Crippen molar-refractivity contribution in [2.75, 3.05) is 12.4 Å². The van der Waals surface area contributed by atoms with E-state index in [9.17, 15) is 14.4 Å². The third-order valence-corrected chi connectivity index (χ3v) is 2.63. The summed E-state index contributed by atoms with van der Waals surface area (Å²) in [6.07, 6.45) is -0.344. The number of ether oxygens (including phenoxy) is 2. The van der Waals surface area contributed by atoms with Gasteiger partial charge in [0, 0.05) is 5.69 Å². The highest BCUT2D eigenvalue weighted by atomic mass is 16.6. The molecule has 7 nitrogen and oxygen atoms in total. The normalized spacial score (nSPS) is 12.9. The van der Waals surface area contributed by atoms with E-state index in [2.05, 4.69) is 14.8 Å². The lowest BCUT2D eigenvalue weighted by Crippen LogP contribution is -2.39. The molecule has 1 aromatic carbocycles. The first-order chi connectivity index (χ1) is 9.93. The number of rotatable bonds is 6. The molecule has 114 valence electrons. The first-order valence-electron chi connectivity index (χ1n) is 6.33. The number of para-hydroxylation sites is 1. The van der Waals surface area contributed by atoms with Crippen LogP contribution in [0.3, 0.4) is 0 Å². The van der Waals surface area contributed by atoms with Gasteiger partial charge in [-0.1, -0.05) is 18.2 Å². The number of hydrogen-bond acceptors (Lipinski definition) is 7. The monoisotopic (exact) mass is 294 g/mol. The Hall–Kier alpha value is -2.41. The third-order valence-electron chi connectivity index (χ3n) is 2.63. The van der Waals surface area contributed by atoms with Gasteiger partial charge in [-0.05, 0) is 19.1 Å². The molecule has 3 N–H and O–H groups in total. The van der Waals surface area contributed by atoms with Gasteiger partial charge in [0.1, 0.15) is 12.1 Å². The van der Waals surface area contributed by atoms with Crippen LogP contribution in [-0.2, 0) is 23.9 Å². The highest BCUT2D eigenvalue weighted by molar-refractivity contribution is 5.93. The molecule has 21 heavy (non-hydrogen) atoms. The van der Waals surface area contributed by atoms with Crippen molar-refractivity contribution in [3.8, 4) is 0 Å². The van der Waals surface area contributed by atoms with Crippen molar-refractivity contribution in [1.29, 1.82) is 0 Å². The zero-order valence-electron chi connectivity index (χ0n) is 11.9. The lowest BCUT2D eigenvalue weighted by Gasteiger charge is -2.15. The average Bonchev–Trinajstić information content (AvgIpc) is 2.47. The number of benzene rings is 1. The van der Waals surface area contributed by atoms with Gasteiger partial charge < -0.3 is 20.5 Å². The second-order valence-electron chi connectivity index (χ2n) is 4.36. The standard InChI is InChI=1S/C14H18N2O5/c1-9(16-10-6-4-3-5-7-10)13(18)21-14(19)11(15)8-12(17)20-2/h3-7,9,11,16H,8,15H2,1-2H3/t9-,11-/m0/s1. The topological polar surface area (TPSA) is 108 Å². The van der Waals surface area contributed by atoms with E-state index in [0.29, 0.717) is 5.69 Å². The van der Waals surface area contributed by atoms with E-state index < -0.39 is 30.0 Å². The fraction of sp³-hybridized carbons (Fsp3) is 0.357. The Labute approximate surface area is 122 Å². The van der Waals surface area contributed by atoms with Gasteiger partial charge in [0.15, 0.2) is 0 Å². The number of esters is 3. The Bertz CT molecular complexity index is 503. The largest absolute Gasteiger partial charge is 0.469 e. The number of nitrogens with two attached hydrogens (primary N) is 1. The highest BCUT2D eigenvalue weighted by Crippen LogP contribution is 2.08. The number of carbonyl (C=O) groups is 3. The van der Waals surface area contributed by atoms with Gasteiger partial charge in [-0.3, -0.25) is 4.79 Å². The molecule has 1 aromatic rings. The van der Waals surface area contributed by atoms with Crippen molar-refractivity contribution in [2.24, 2.45) is 5.73 Å². The van der Waals surface area contributed by atoms with Gasteiger partial charge in [0.05, 0.1) is 13.5 Å². The van der Waals surface area contributed by atoms with Crippen LogP contribution in [0.1, 0.15) is 13.3 Å². The Morgan fingerprint density at radius 2 is 1.81 bits per heavy atom. The van der Waals surface area contributed by atoms with E-state index in [1.165, 1.54) is 7.11 Å². The Morgan fingerprint density at radius 1 is 1.19 bits per heavy atom. The summed E-state index contributed by atoms with van der Waals surface area (Å²) in [5, 5.41) is 2.88. The summed E-state index contributed by atoms with van der Waals surface area (Å²) in [5.41, 5.74) is 6.16. The lowest BCUT2D eigenvalue weighted by atomic mass is 10.2. The minimum atomic E-state index is -1.23. The number of methoxy groups -OCH3 is 1. The first kappa shape index (κ1) is 16.6. The molecule has 1 rings (SSSR count). The molecule has 0 amide bonds. The number of hydrogen-bond donors (Lipinski definition) is 2. The maximum absolute atomic E-state index is 11.7. The Kier molecular flexibility index (Phi) is 6.35. The first-order valence-corrected chi connectivity index (χ1v) is 6.33. The number of anilines is 1. The van der Waals surface area contributed by atoms with Crippen molar-refractivity contribution in [3.05, 3.63) is 30.3 Å². The van der Waals surface area contributed by atoms with Crippen LogP contribution in [0.2, 0.25) is 0 Å². The molecule has 0 fully saturated rings. The summed E-state index contributed by atoms with van der Waals surface area (Å²) in [6.45, 7) is 1.55. The van der Waals surface area contributed by atoms with Crippen molar-refractivity contribution < 1.29 is 23.9 Å². The van der Waals surface area contributed by atoms with Crippen LogP contribution in [0.4, 0.5) is 5.69 Å². The maximum atomic E-state index is 11.7. The summed E-state index contributed by atoms with van der Waals surface area (Å²) in [6, 6.07) is 7.02. The molecular weight excluding hydrogens is 276 g/mol. The van der Waals surface area contributed by atoms with Gasteiger partial charge >= 0.3 is 17.9 Å². The average molecular weight is 294 g/mol. The van der Waals surface area contributed by atoms with Gasteiger partial charge in [0.2, 0.25) is 0 Å². The van der Waals surface area contributed by atoms with Gasteiger partial charge in [0.25, 0.3) is 0 Å². The zero-order valence-corrected chi connectivity index (χ0v) is 11.9. The van der Waals surface area contributed by atoms with Crippen molar-refractivity contribution >= 4 is 23.6 Å². The predicted octanol–water partition coefficient (Wildman–Crippen LogP) is 0.447. The highest BCUT2D eigenvalue weighted by Gasteiger charge is 2.24. The fourth-order valence-electron chi connectivity index (χ4n) is 1.45. The van der Waals surface area contributed by atoms with Crippen LogP contribution in [0.5, 0.6) is 0 Å².